The van der Waals surface area contributed by atoms with Crippen molar-refractivity contribution in [2.45, 2.75) is 188 Å². The fourth-order valence-corrected chi connectivity index (χ4v) is 5.52. The third kappa shape index (κ3) is 32.0. The normalized spacial score (nSPS) is 13.3. The molecular weight excluding hydrogens is 1080 g/mol. The predicted molar refractivity (Wildman–Crippen MR) is 265 cm³/mol. The van der Waals surface area contributed by atoms with Gasteiger partial charge in [0.25, 0.3) is 0 Å². The molecule has 468 valence electrons. The van der Waals surface area contributed by atoms with Gasteiger partial charge in [-0.25, -0.2) is 0 Å². The number of hydrogen-bond donors (Lipinski definition) is 0. The standard InChI is InChI=1S/C20H40O9.C18H36O2.C14H15F13O2/c1-4-19(2)20(21)29-18-17-28-16-15-27-14-13-26-12-11-25-10-9-24-8-7-23-6-5-22-3;1-5-7-8-9-10-11-12-13-14-15-16-20-17(19)18(3,4)6-2;1-4-8(2,3)7(28)29-6-5-9(15,16)10(17,18)11(19,20)12(21,22)13(23,24)14(25,26)27/h19H,4-18H2,1-3H3;5-16H2,1-4H3;4-6H2,1-3H3. The Hall–Kier alpha value is -2.78. The maximum Gasteiger partial charge on any atom is 0.460 e. The zero-order chi connectivity index (χ0) is 60.6. The second kappa shape index (κ2) is 42.1. The van der Waals surface area contributed by atoms with Gasteiger partial charge in [-0.15, -0.1) is 0 Å². The number of ether oxygens (including phenoxy) is 10. The summed E-state index contributed by atoms with van der Waals surface area (Å²) in [7, 11) is 1.64. The number of esters is 3. The summed E-state index contributed by atoms with van der Waals surface area (Å²) in [6, 6.07) is 0. The van der Waals surface area contributed by atoms with Gasteiger partial charge in [-0.3, -0.25) is 14.4 Å². The number of rotatable bonds is 45. The van der Waals surface area contributed by atoms with Crippen LogP contribution in [0.25, 0.3) is 0 Å². The van der Waals surface area contributed by atoms with Crippen LogP contribution in [0.15, 0.2) is 0 Å². The van der Waals surface area contributed by atoms with Crippen molar-refractivity contribution < 1.29 is 119 Å². The van der Waals surface area contributed by atoms with Crippen LogP contribution in [0.1, 0.15) is 152 Å². The van der Waals surface area contributed by atoms with Crippen molar-refractivity contribution in [2.24, 2.45) is 16.7 Å². The van der Waals surface area contributed by atoms with Crippen LogP contribution >= 0.6 is 0 Å². The molecule has 0 amide bonds. The fraction of sp³-hybridized carbons (Fsp3) is 0.942. The molecule has 26 heteroatoms. The molecule has 0 aliphatic heterocycles. The third-order valence-electron chi connectivity index (χ3n) is 12.0. The molecule has 0 aliphatic carbocycles. The van der Waals surface area contributed by atoms with E-state index in [0.717, 1.165) is 19.3 Å². The molecule has 13 nitrogen and oxygen atoms in total. The Morgan fingerprint density at radius 2 is 0.705 bits per heavy atom. The fourth-order valence-electron chi connectivity index (χ4n) is 5.52. The zero-order valence-corrected chi connectivity index (χ0v) is 47.5. The van der Waals surface area contributed by atoms with Crippen molar-refractivity contribution in [3.63, 3.8) is 0 Å². The first-order chi connectivity index (χ1) is 36.2. The first-order valence-electron chi connectivity index (χ1n) is 26.6. The predicted octanol–water partition coefficient (Wildman–Crippen LogP) is 13.3. The average molecular weight is 1170 g/mol. The van der Waals surface area contributed by atoms with Gasteiger partial charge in [0.05, 0.1) is 122 Å². The Morgan fingerprint density at radius 1 is 0.385 bits per heavy atom. The topological polar surface area (TPSA) is 144 Å². The van der Waals surface area contributed by atoms with E-state index in [9.17, 15) is 71.5 Å². The van der Waals surface area contributed by atoms with Crippen molar-refractivity contribution >= 4 is 17.9 Å². The van der Waals surface area contributed by atoms with Gasteiger partial charge in [-0.05, 0) is 53.4 Å². The van der Waals surface area contributed by atoms with Gasteiger partial charge >= 0.3 is 53.7 Å². The Bertz CT molecular complexity index is 1520. The van der Waals surface area contributed by atoms with Crippen molar-refractivity contribution in [2.75, 3.05) is 113 Å². The Labute approximate surface area is 453 Å². The Balaban J connectivity index is -0.00000110. The van der Waals surface area contributed by atoms with Crippen molar-refractivity contribution in [1.29, 1.82) is 0 Å². The van der Waals surface area contributed by atoms with E-state index in [4.69, 9.17) is 42.6 Å². The minimum atomic E-state index is -7.94. The van der Waals surface area contributed by atoms with Crippen molar-refractivity contribution in [3.8, 4) is 0 Å². The second-order valence-corrected chi connectivity index (χ2v) is 19.3. The van der Waals surface area contributed by atoms with Gasteiger partial charge < -0.3 is 47.4 Å². The maximum absolute atomic E-state index is 13.5. The molecule has 0 aromatic rings. The quantitative estimate of drug-likeness (QED) is 0.0247. The van der Waals surface area contributed by atoms with E-state index in [1.165, 1.54) is 78.6 Å². The average Bonchev–Trinajstić information content (AvgIpc) is 3.37. The molecule has 1 unspecified atom stereocenters. The monoisotopic (exact) mass is 1170 g/mol. The van der Waals surface area contributed by atoms with Crippen LogP contribution in [-0.4, -0.2) is 167 Å². The second-order valence-electron chi connectivity index (χ2n) is 19.3. The van der Waals surface area contributed by atoms with Crippen LogP contribution in [0.2, 0.25) is 0 Å². The van der Waals surface area contributed by atoms with Gasteiger partial charge in [0.2, 0.25) is 0 Å². The molecule has 0 saturated carbocycles. The summed E-state index contributed by atoms with van der Waals surface area (Å²) in [5.74, 6) is -38.7. The van der Waals surface area contributed by atoms with E-state index in [-0.39, 0.29) is 36.3 Å². The Morgan fingerprint density at radius 3 is 1.04 bits per heavy atom. The summed E-state index contributed by atoms with van der Waals surface area (Å²) in [4.78, 5) is 34.7. The molecular formula is C52H91F13O13. The number of carbonyl (C=O) groups excluding carboxylic acids is 3. The molecule has 0 radical (unpaired) electrons. The molecule has 0 heterocycles. The molecule has 0 aromatic heterocycles. The summed E-state index contributed by atoms with van der Waals surface area (Å²) in [5, 5.41) is 0. The van der Waals surface area contributed by atoms with Crippen molar-refractivity contribution in [1.82, 2.24) is 0 Å². The van der Waals surface area contributed by atoms with Crippen LogP contribution in [-0.2, 0) is 61.8 Å². The molecule has 0 aliphatic rings. The molecule has 1 atom stereocenters. The summed E-state index contributed by atoms with van der Waals surface area (Å²) in [6.07, 6.45) is 4.75. The lowest BCUT2D eigenvalue weighted by molar-refractivity contribution is -0.440. The Kier molecular flexibility index (Phi) is 42.9. The minimum Gasteiger partial charge on any atom is -0.465 e. The van der Waals surface area contributed by atoms with Crippen LogP contribution in [0, 0.1) is 16.7 Å². The van der Waals surface area contributed by atoms with Crippen LogP contribution in [0.5, 0.6) is 0 Å². The maximum atomic E-state index is 13.5. The highest BCUT2D eigenvalue weighted by molar-refractivity contribution is 5.76. The molecule has 78 heavy (non-hydrogen) atoms. The highest BCUT2D eigenvalue weighted by Gasteiger charge is 2.90. The molecule has 0 fully saturated rings. The summed E-state index contributed by atoms with van der Waals surface area (Å²) < 4.78 is 219. The molecule has 0 N–H and O–H groups in total. The summed E-state index contributed by atoms with van der Waals surface area (Å²) in [6.45, 7) is 21.7. The van der Waals surface area contributed by atoms with Gasteiger partial charge in [0, 0.05) is 7.11 Å². The molecule has 0 saturated heterocycles. The number of unbranched alkanes of at least 4 members (excludes halogenated alkanes) is 9. The van der Waals surface area contributed by atoms with E-state index in [0.29, 0.717) is 92.5 Å². The van der Waals surface area contributed by atoms with Crippen LogP contribution < -0.4 is 0 Å². The lowest BCUT2D eigenvalue weighted by Crippen LogP contribution is -2.70. The van der Waals surface area contributed by atoms with E-state index >= 15 is 0 Å². The summed E-state index contributed by atoms with van der Waals surface area (Å²) >= 11 is 0. The SMILES string of the molecule is CCC(C)(C)C(=O)OCCC(F)(F)C(F)(F)C(F)(F)C(F)(F)C(F)(F)C(F)(F)F.CCC(C)C(=O)OCCOCCOCCOCCOCCOCCOCCOC.CCCCCCCCCCCCOC(=O)C(C)(C)CC. The van der Waals surface area contributed by atoms with Gasteiger partial charge in [-0.1, -0.05) is 92.4 Å². The van der Waals surface area contributed by atoms with E-state index in [1.54, 1.807) is 7.11 Å². The number of hydrogen-bond acceptors (Lipinski definition) is 13. The number of methoxy groups -OCH3 is 1. The largest absolute Gasteiger partial charge is 0.465 e. The lowest BCUT2D eigenvalue weighted by atomic mass is 9.90. The molecule has 0 bridgehead atoms. The first-order valence-corrected chi connectivity index (χ1v) is 26.6. The number of alkyl halides is 13. The van der Waals surface area contributed by atoms with Gasteiger partial charge in [0.15, 0.2) is 0 Å². The van der Waals surface area contributed by atoms with Gasteiger partial charge in [0.1, 0.15) is 6.61 Å². The van der Waals surface area contributed by atoms with E-state index < -0.39 is 60.2 Å². The first kappa shape index (κ1) is 79.4. The highest BCUT2D eigenvalue weighted by atomic mass is 19.4. The van der Waals surface area contributed by atoms with E-state index in [2.05, 4.69) is 11.7 Å². The third-order valence-corrected chi connectivity index (χ3v) is 12.0. The zero-order valence-electron chi connectivity index (χ0n) is 47.5. The summed E-state index contributed by atoms with van der Waals surface area (Å²) in [5.41, 5.74) is -1.65. The number of halogens is 13. The van der Waals surface area contributed by atoms with Gasteiger partial charge in [-0.2, -0.15) is 57.1 Å². The highest BCUT2D eigenvalue weighted by Crippen LogP contribution is 2.60. The number of carbonyl (C=O) groups is 3. The molecule has 0 rings (SSSR count). The lowest BCUT2D eigenvalue weighted by Gasteiger charge is -2.39. The van der Waals surface area contributed by atoms with Crippen LogP contribution in [0.3, 0.4) is 0 Å². The molecule has 0 aromatic carbocycles. The van der Waals surface area contributed by atoms with Crippen molar-refractivity contribution in [3.05, 3.63) is 0 Å². The smallest absolute Gasteiger partial charge is 0.460 e. The van der Waals surface area contributed by atoms with E-state index in [1.807, 2.05) is 34.6 Å². The van der Waals surface area contributed by atoms with Crippen LogP contribution in [0.4, 0.5) is 57.1 Å². The minimum absolute atomic E-state index is 0.0454. The molecule has 0 spiro atoms.